The third kappa shape index (κ3) is 12.0. The van der Waals surface area contributed by atoms with E-state index in [2.05, 4.69) is 10.6 Å². The molecule has 0 aliphatic rings. The van der Waals surface area contributed by atoms with Crippen molar-refractivity contribution in [1.29, 1.82) is 0 Å². The van der Waals surface area contributed by atoms with Crippen LogP contribution in [-0.2, 0) is 9.47 Å². The summed E-state index contributed by atoms with van der Waals surface area (Å²) in [7, 11) is 0. The zero-order valence-electron chi connectivity index (χ0n) is 23.4. The Bertz CT molecular complexity index is 998. The van der Waals surface area contributed by atoms with Crippen LogP contribution in [0, 0.1) is 11.6 Å². The van der Waals surface area contributed by atoms with Crippen molar-refractivity contribution >= 4 is 12.2 Å². The molecule has 0 aromatic heterocycles. The Hall–Kier alpha value is -3.64. The normalized spacial score (nSPS) is 14.8. The van der Waals surface area contributed by atoms with Crippen LogP contribution in [0.2, 0.25) is 0 Å². The van der Waals surface area contributed by atoms with Crippen LogP contribution in [0.1, 0.15) is 41.5 Å². The molecule has 0 aliphatic carbocycles. The second-order valence-corrected chi connectivity index (χ2v) is 11.0. The average Bonchev–Trinajstić information content (AvgIpc) is 2.83. The number of aliphatic hydroxyl groups excluding tert-OH is 2. The van der Waals surface area contributed by atoms with Crippen molar-refractivity contribution in [2.24, 2.45) is 0 Å². The molecule has 2 rings (SSSR count). The molecule has 0 saturated heterocycles. The van der Waals surface area contributed by atoms with Gasteiger partial charge in [0.15, 0.2) is 0 Å². The number of carbonyl (C=O) groups excluding carboxylic acids is 2. The Morgan fingerprint density at radius 1 is 0.675 bits per heavy atom. The van der Waals surface area contributed by atoms with E-state index >= 15 is 0 Å². The lowest BCUT2D eigenvalue weighted by atomic mass is 10.00. The first-order valence-corrected chi connectivity index (χ1v) is 12.6. The number of nitrogens with one attached hydrogen (secondary N) is 2. The first kappa shape index (κ1) is 32.6. The van der Waals surface area contributed by atoms with Crippen LogP contribution in [0.5, 0.6) is 11.5 Å². The monoisotopic (exact) mass is 568 g/mol. The van der Waals surface area contributed by atoms with Gasteiger partial charge in [-0.2, -0.15) is 0 Å². The van der Waals surface area contributed by atoms with Gasteiger partial charge in [0.05, 0.1) is 12.1 Å². The van der Waals surface area contributed by atoms with E-state index in [1.54, 1.807) is 41.5 Å². The fourth-order valence-electron chi connectivity index (χ4n) is 3.28. The van der Waals surface area contributed by atoms with E-state index in [9.17, 15) is 28.6 Å². The molecular formula is C28H38F2N2O8. The molecule has 0 unspecified atom stereocenters. The standard InChI is InChI=1S/C28H38F2N2O8/c1-27(2,3)39-25(35)31-21(15-37-19-11-7-17(29)8-12-19)23(33)24(34)22(32-26(36)40-28(4,5)6)16-38-20-13-9-18(30)10-14-20/h7-14,21-24,33-34H,15-16H2,1-6H3,(H,31,35)(H,32,36)/t21-,22-,23+,24+/m0/s1. The number of alkyl carbamates (subject to hydrolysis) is 2. The van der Waals surface area contributed by atoms with Gasteiger partial charge in [0.2, 0.25) is 0 Å². The number of amides is 2. The van der Waals surface area contributed by atoms with E-state index in [1.165, 1.54) is 48.5 Å². The van der Waals surface area contributed by atoms with Crippen molar-refractivity contribution in [3.63, 3.8) is 0 Å². The predicted molar refractivity (Wildman–Crippen MR) is 142 cm³/mol. The third-order valence-electron chi connectivity index (χ3n) is 5.07. The van der Waals surface area contributed by atoms with Gasteiger partial charge in [-0.3, -0.25) is 0 Å². The highest BCUT2D eigenvalue weighted by molar-refractivity contribution is 5.69. The first-order valence-electron chi connectivity index (χ1n) is 12.6. The van der Waals surface area contributed by atoms with Crippen LogP contribution in [0.25, 0.3) is 0 Å². The summed E-state index contributed by atoms with van der Waals surface area (Å²) in [6.45, 7) is 9.17. The Kier molecular flexibility index (Phi) is 11.5. The fourth-order valence-corrected chi connectivity index (χ4v) is 3.28. The van der Waals surface area contributed by atoms with Crippen molar-refractivity contribution < 1.29 is 47.5 Å². The summed E-state index contributed by atoms with van der Waals surface area (Å²) in [6.07, 6.45) is -5.26. The molecule has 0 radical (unpaired) electrons. The molecule has 12 heteroatoms. The summed E-state index contributed by atoms with van der Waals surface area (Å²) < 4.78 is 48.3. The number of aliphatic hydroxyl groups is 2. The number of ether oxygens (including phenoxy) is 4. The Morgan fingerprint density at radius 3 is 1.25 bits per heavy atom. The van der Waals surface area contributed by atoms with Crippen molar-refractivity contribution in [3.8, 4) is 11.5 Å². The van der Waals surface area contributed by atoms with E-state index in [4.69, 9.17) is 18.9 Å². The van der Waals surface area contributed by atoms with E-state index in [1.807, 2.05) is 0 Å². The van der Waals surface area contributed by atoms with Gasteiger partial charge in [-0.05, 0) is 90.1 Å². The molecule has 40 heavy (non-hydrogen) atoms. The smallest absolute Gasteiger partial charge is 0.408 e. The molecule has 0 saturated carbocycles. The molecule has 10 nitrogen and oxygen atoms in total. The van der Waals surface area contributed by atoms with E-state index in [0.29, 0.717) is 0 Å². The predicted octanol–water partition coefficient (Wildman–Crippen LogP) is 3.93. The highest BCUT2D eigenvalue weighted by Gasteiger charge is 2.36. The van der Waals surface area contributed by atoms with Gasteiger partial charge < -0.3 is 39.8 Å². The molecule has 4 atom stereocenters. The quantitative estimate of drug-likeness (QED) is 0.320. The highest BCUT2D eigenvalue weighted by Crippen LogP contribution is 2.17. The molecule has 0 bridgehead atoms. The zero-order valence-corrected chi connectivity index (χ0v) is 23.4. The van der Waals surface area contributed by atoms with Gasteiger partial charge in [0.1, 0.15) is 59.8 Å². The topological polar surface area (TPSA) is 136 Å². The number of hydrogen-bond donors (Lipinski definition) is 4. The average molecular weight is 569 g/mol. The first-order chi connectivity index (χ1) is 18.5. The molecule has 4 N–H and O–H groups in total. The van der Waals surface area contributed by atoms with E-state index in [-0.39, 0.29) is 24.7 Å². The zero-order chi connectivity index (χ0) is 30.1. The Morgan fingerprint density at radius 2 is 0.975 bits per heavy atom. The van der Waals surface area contributed by atoms with Crippen LogP contribution < -0.4 is 20.1 Å². The molecule has 0 heterocycles. The molecule has 2 aromatic rings. The van der Waals surface area contributed by atoms with Crippen molar-refractivity contribution in [3.05, 3.63) is 60.2 Å². The lowest BCUT2D eigenvalue weighted by Gasteiger charge is -2.33. The molecular weight excluding hydrogens is 530 g/mol. The minimum Gasteiger partial charge on any atom is -0.491 e. The molecule has 2 aromatic carbocycles. The number of hydrogen-bond acceptors (Lipinski definition) is 8. The van der Waals surface area contributed by atoms with Crippen molar-refractivity contribution in [1.82, 2.24) is 10.6 Å². The van der Waals surface area contributed by atoms with Crippen LogP contribution >= 0.6 is 0 Å². The van der Waals surface area contributed by atoms with Crippen molar-refractivity contribution in [2.45, 2.75) is 77.0 Å². The highest BCUT2D eigenvalue weighted by atomic mass is 19.1. The Labute approximate surface area is 232 Å². The van der Waals surface area contributed by atoms with E-state index < -0.39 is 59.3 Å². The maximum Gasteiger partial charge on any atom is 0.408 e. The Balaban J connectivity index is 2.25. The maximum atomic E-state index is 13.3. The largest absolute Gasteiger partial charge is 0.491 e. The summed E-state index contributed by atoms with van der Waals surface area (Å²) in [4.78, 5) is 25.0. The van der Waals surface area contributed by atoms with Gasteiger partial charge in [-0.1, -0.05) is 0 Å². The van der Waals surface area contributed by atoms with Gasteiger partial charge in [-0.25, -0.2) is 18.4 Å². The molecule has 0 aliphatic heterocycles. The number of rotatable bonds is 11. The van der Waals surface area contributed by atoms with Crippen LogP contribution in [0.3, 0.4) is 0 Å². The number of carbonyl (C=O) groups is 2. The van der Waals surface area contributed by atoms with Gasteiger partial charge >= 0.3 is 12.2 Å². The fraction of sp³-hybridized carbons (Fsp3) is 0.500. The lowest BCUT2D eigenvalue weighted by molar-refractivity contribution is -0.0431. The van der Waals surface area contributed by atoms with Crippen LogP contribution in [0.4, 0.5) is 18.4 Å². The SMILES string of the molecule is CC(C)(C)OC(=O)N[C@@H](COc1ccc(F)cc1)[C@@H](O)[C@H](O)[C@H](COc1ccc(F)cc1)NC(=O)OC(C)(C)C. The molecule has 2 amide bonds. The summed E-state index contributed by atoms with van der Waals surface area (Å²) in [5.74, 6) is -0.490. The minimum atomic E-state index is -1.73. The lowest BCUT2D eigenvalue weighted by Crippen LogP contribution is -2.59. The van der Waals surface area contributed by atoms with Gasteiger partial charge in [0.25, 0.3) is 0 Å². The van der Waals surface area contributed by atoms with Crippen molar-refractivity contribution in [2.75, 3.05) is 13.2 Å². The number of halogens is 2. The van der Waals surface area contributed by atoms with Gasteiger partial charge in [0, 0.05) is 0 Å². The summed E-state index contributed by atoms with van der Waals surface area (Å²) in [6, 6.07) is 7.58. The second-order valence-electron chi connectivity index (χ2n) is 11.0. The maximum absolute atomic E-state index is 13.3. The van der Waals surface area contributed by atoms with Gasteiger partial charge in [-0.15, -0.1) is 0 Å². The number of benzene rings is 2. The second kappa shape index (κ2) is 14.1. The summed E-state index contributed by atoms with van der Waals surface area (Å²) >= 11 is 0. The molecule has 0 spiro atoms. The van der Waals surface area contributed by atoms with Crippen LogP contribution in [-0.4, -0.2) is 71.1 Å². The summed E-state index contributed by atoms with van der Waals surface area (Å²) in [5.41, 5.74) is -1.72. The summed E-state index contributed by atoms with van der Waals surface area (Å²) in [5, 5.41) is 27.2. The molecule has 0 fully saturated rings. The molecule has 222 valence electrons. The minimum absolute atomic E-state index is 0.238. The van der Waals surface area contributed by atoms with Crippen LogP contribution in [0.15, 0.2) is 48.5 Å². The third-order valence-corrected chi connectivity index (χ3v) is 5.07. The van der Waals surface area contributed by atoms with E-state index in [0.717, 1.165) is 0 Å².